The molecule has 0 saturated heterocycles. The van der Waals surface area contributed by atoms with Gasteiger partial charge in [-0.15, -0.1) is 0 Å². The molecule has 0 aliphatic rings. The molecule has 0 atom stereocenters. The third kappa shape index (κ3) is 3.44. The maximum atomic E-state index is 5.77. The Morgan fingerprint density at radius 1 is 1.00 bits per heavy atom. The van der Waals surface area contributed by atoms with Crippen LogP contribution >= 0.6 is 12.2 Å². The highest BCUT2D eigenvalue weighted by atomic mass is 32.1. The first kappa shape index (κ1) is 15.1. The van der Waals surface area contributed by atoms with E-state index in [2.05, 4.69) is 5.32 Å². The van der Waals surface area contributed by atoms with Crippen molar-refractivity contribution in [1.29, 1.82) is 0 Å². The summed E-state index contributed by atoms with van der Waals surface area (Å²) in [5.41, 5.74) is 9.39. The lowest BCUT2D eigenvalue weighted by Gasteiger charge is -2.15. The molecule has 0 heterocycles. The molecule has 0 unspecified atom stereocenters. The van der Waals surface area contributed by atoms with Crippen LogP contribution in [0.4, 0.5) is 11.4 Å². The second-order valence-electron chi connectivity index (χ2n) is 4.58. The summed E-state index contributed by atoms with van der Waals surface area (Å²) in [5.74, 6) is 1.56. The van der Waals surface area contributed by atoms with E-state index < -0.39 is 0 Å². The molecule has 0 spiro atoms. The Bertz CT molecular complexity index is 671. The van der Waals surface area contributed by atoms with Crippen LogP contribution in [0.3, 0.4) is 0 Å². The Hall–Kier alpha value is -2.27. The van der Waals surface area contributed by atoms with Crippen molar-refractivity contribution < 1.29 is 9.47 Å². The molecule has 2 rings (SSSR count). The van der Waals surface area contributed by atoms with Gasteiger partial charge in [0.05, 0.1) is 19.9 Å². The zero-order valence-corrected chi connectivity index (χ0v) is 13.1. The summed E-state index contributed by atoms with van der Waals surface area (Å²) in [7, 11) is 3.27. The fourth-order valence-electron chi connectivity index (χ4n) is 2.02. The standard InChI is InChI=1S/C16H18N2O2S/c1-10-8-11(19-2)5-7-14(10)18-15-9-12(20-3)4-6-13(15)16(17)21/h4-9,18H,1-3H3,(H2,17,21). The zero-order chi connectivity index (χ0) is 15.4. The number of ether oxygens (including phenoxy) is 2. The van der Waals surface area contributed by atoms with Gasteiger partial charge in [-0.3, -0.25) is 0 Å². The van der Waals surface area contributed by atoms with E-state index in [1.807, 2.05) is 43.3 Å². The first-order valence-corrected chi connectivity index (χ1v) is 6.85. The average molecular weight is 302 g/mol. The van der Waals surface area contributed by atoms with Gasteiger partial charge in [-0.25, -0.2) is 0 Å². The molecule has 0 aromatic heterocycles. The lowest BCUT2D eigenvalue weighted by atomic mass is 10.1. The predicted octanol–water partition coefficient (Wildman–Crippen LogP) is 3.39. The molecule has 0 aliphatic carbocycles. The number of hydrogen-bond donors (Lipinski definition) is 2. The normalized spacial score (nSPS) is 10.0. The van der Waals surface area contributed by atoms with E-state index in [1.165, 1.54) is 0 Å². The number of methoxy groups -OCH3 is 2. The molecule has 0 amide bonds. The van der Waals surface area contributed by atoms with Gasteiger partial charge in [-0.1, -0.05) is 12.2 Å². The molecule has 2 aromatic carbocycles. The van der Waals surface area contributed by atoms with Crippen molar-refractivity contribution in [1.82, 2.24) is 0 Å². The summed E-state index contributed by atoms with van der Waals surface area (Å²) < 4.78 is 10.5. The van der Waals surface area contributed by atoms with Gasteiger partial charge in [0.25, 0.3) is 0 Å². The number of benzene rings is 2. The van der Waals surface area contributed by atoms with E-state index in [9.17, 15) is 0 Å². The van der Waals surface area contributed by atoms with Crippen molar-refractivity contribution in [2.24, 2.45) is 5.73 Å². The van der Waals surface area contributed by atoms with E-state index in [4.69, 9.17) is 27.4 Å². The van der Waals surface area contributed by atoms with Crippen LogP contribution in [0.5, 0.6) is 11.5 Å². The molecule has 0 radical (unpaired) electrons. The van der Waals surface area contributed by atoms with Gasteiger partial charge in [0.2, 0.25) is 0 Å². The molecular formula is C16H18N2O2S. The van der Waals surface area contributed by atoms with Crippen molar-refractivity contribution in [3.8, 4) is 11.5 Å². The Kier molecular flexibility index (Phi) is 4.65. The predicted molar refractivity (Wildman–Crippen MR) is 89.9 cm³/mol. The van der Waals surface area contributed by atoms with Gasteiger partial charge in [-0.2, -0.15) is 0 Å². The lowest BCUT2D eigenvalue weighted by molar-refractivity contribution is 0.414. The second-order valence-corrected chi connectivity index (χ2v) is 5.02. The van der Waals surface area contributed by atoms with Gasteiger partial charge < -0.3 is 20.5 Å². The van der Waals surface area contributed by atoms with Crippen LogP contribution in [0.1, 0.15) is 11.1 Å². The summed E-state index contributed by atoms with van der Waals surface area (Å²) >= 11 is 5.09. The average Bonchev–Trinajstić information content (AvgIpc) is 2.48. The molecule has 0 saturated carbocycles. The summed E-state index contributed by atoms with van der Waals surface area (Å²) in [6.45, 7) is 2.01. The highest BCUT2D eigenvalue weighted by Gasteiger charge is 2.09. The smallest absolute Gasteiger partial charge is 0.120 e. The number of nitrogens with two attached hydrogens (primary N) is 1. The number of anilines is 2. The van der Waals surface area contributed by atoms with E-state index in [1.54, 1.807) is 14.2 Å². The van der Waals surface area contributed by atoms with Gasteiger partial charge in [0.15, 0.2) is 0 Å². The van der Waals surface area contributed by atoms with Gasteiger partial charge in [0, 0.05) is 17.3 Å². The Labute approximate surface area is 129 Å². The van der Waals surface area contributed by atoms with Crippen LogP contribution < -0.4 is 20.5 Å². The molecule has 21 heavy (non-hydrogen) atoms. The van der Waals surface area contributed by atoms with Crippen LogP contribution in [0, 0.1) is 6.92 Å². The number of rotatable bonds is 5. The molecule has 0 fully saturated rings. The summed E-state index contributed by atoms with van der Waals surface area (Å²) in [6, 6.07) is 11.4. The molecule has 2 aromatic rings. The number of hydrogen-bond acceptors (Lipinski definition) is 4. The Morgan fingerprint density at radius 2 is 1.62 bits per heavy atom. The fraction of sp³-hybridized carbons (Fsp3) is 0.188. The quantitative estimate of drug-likeness (QED) is 0.829. The molecule has 0 bridgehead atoms. The Morgan fingerprint density at radius 3 is 2.19 bits per heavy atom. The van der Waals surface area contributed by atoms with Crippen LogP contribution in [0.2, 0.25) is 0 Å². The van der Waals surface area contributed by atoms with Crippen LogP contribution in [-0.4, -0.2) is 19.2 Å². The molecule has 5 heteroatoms. The summed E-state index contributed by atoms with van der Waals surface area (Å²) in [5, 5.41) is 3.35. The lowest BCUT2D eigenvalue weighted by Crippen LogP contribution is -2.12. The molecule has 3 N–H and O–H groups in total. The monoisotopic (exact) mass is 302 g/mol. The molecule has 110 valence electrons. The topological polar surface area (TPSA) is 56.5 Å². The summed E-state index contributed by atoms with van der Waals surface area (Å²) in [6.07, 6.45) is 0. The maximum absolute atomic E-state index is 5.77. The van der Waals surface area contributed by atoms with E-state index in [0.29, 0.717) is 4.99 Å². The third-order valence-corrected chi connectivity index (χ3v) is 3.42. The minimum absolute atomic E-state index is 0.339. The number of nitrogens with one attached hydrogen (secondary N) is 1. The maximum Gasteiger partial charge on any atom is 0.120 e. The molecule has 0 aliphatic heterocycles. The largest absolute Gasteiger partial charge is 0.497 e. The van der Waals surface area contributed by atoms with Crippen molar-refractivity contribution in [2.45, 2.75) is 6.92 Å². The van der Waals surface area contributed by atoms with E-state index in [-0.39, 0.29) is 0 Å². The van der Waals surface area contributed by atoms with Crippen LogP contribution in [-0.2, 0) is 0 Å². The first-order valence-electron chi connectivity index (χ1n) is 6.44. The van der Waals surface area contributed by atoms with E-state index >= 15 is 0 Å². The fourth-order valence-corrected chi connectivity index (χ4v) is 2.20. The molecular weight excluding hydrogens is 284 g/mol. The second kappa shape index (κ2) is 6.45. The van der Waals surface area contributed by atoms with Gasteiger partial charge in [-0.05, 0) is 42.8 Å². The van der Waals surface area contributed by atoms with Gasteiger partial charge in [0.1, 0.15) is 16.5 Å². The molecule has 4 nitrogen and oxygen atoms in total. The van der Waals surface area contributed by atoms with Crippen LogP contribution in [0.15, 0.2) is 36.4 Å². The SMILES string of the molecule is COc1ccc(Nc2cc(OC)ccc2C(N)=S)c(C)c1. The highest BCUT2D eigenvalue weighted by Crippen LogP contribution is 2.29. The third-order valence-electron chi connectivity index (χ3n) is 3.20. The first-order chi connectivity index (χ1) is 10.0. The number of aryl methyl sites for hydroxylation is 1. The number of thiocarbonyl (C=S) groups is 1. The van der Waals surface area contributed by atoms with Crippen molar-refractivity contribution in [3.63, 3.8) is 0 Å². The minimum atomic E-state index is 0.339. The van der Waals surface area contributed by atoms with Crippen molar-refractivity contribution >= 4 is 28.6 Å². The van der Waals surface area contributed by atoms with Crippen LogP contribution in [0.25, 0.3) is 0 Å². The van der Waals surface area contributed by atoms with E-state index in [0.717, 1.165) is 34.0 Å². The van der Waals surface area contributed by atoms with Crippen molar-refractivity contribution in [2.75, 3.05) is 19.5 Å². The highest BCUT2D eigenvalue weighted by molar-refractivity contribution is 7.80. The van der Waals surface area contributed by atoms with Crippen molar-refractivity contribution in [3.05, 3.63) is 47.5 Å². The minimum Gasteiger partial charge on any atom is -0.497 e. The zero-order valence-electron chi connectivity index (χ0n) is 12.3. The summed E-state index contributed by atoms with van der Waals surface area (Å²) in [4.78, 5) is 0.339. The van der Waals surface area contributed by atoms with Gasteiger partial charge >= 0.3 is 0 Å². The Balaban J connectivity index is 2.40.